The molecular weight excluding hydrogens is 412 g/mol. The number of benzene rings is 3. The third kappa shape index (κ3) is 5.23. The van der Waals surface area contributed by atoms with Gasteiger partial charge in [0, 0.05) is 17.3 Å². The van der Waals surface area contributed by atoms with Gasteiger partial charge in [0.1, 0.15) is 0 Å². The van der Waals surface area contributed by atoms with E-state index in [0.717, 1.165) is 20.1 Å². The fourth-order valence-electron chi connectivity index (χ4n) is 2.80. The Morgan fingerprint density at radius 3 is 2.47 bits per heavy atom. The molecule has 6 heteroatoms. The maximum atomic E-state index is 12.3. The Morgan fingerprint density at radius 1 is 0.967 bits per heavy atom. The highest BCUT2D eigenvalue weighted by Gasteiger charge is 2.10. The maximum Gasteiger partial charge on any atom is 0.248 e. The van der Waals surface area contributed by atoms with E-state index in [2.05, 4.69) is 10.3 Å². The van der Waals surface area contributed by atoms with Gasteiger partial charge in [-0.3, -0.25) is 9.59 Å². The molecule has 1 aromatic heterocycles. The molecule has 0 aliphatic heterocycles. The van der Waals surface area contributed by atoms with Gasteiger partial charge in [-0.05, 0) is 29.8 Å². The minimum absolute atomic E-state index is 0.0815. The van der Waals surface area contributed by atoms with E-state index in [1.165, 1.54) is 29.2 Å². The zero-order valence-electron chi connectivity index (χ0n) is 15.9. The van der Waals surface area contributed by atoms with Gasteiger partial charge >= 0.3 is 0 Å². The number of thioether (sulfide) groups is 1. The van der Waals surface area contributed by atoms with Crippen molar-refractivity contribution in [3.05, 3.63) is 96.1 Å². The van der Waals surface area contributed by atoms with Crippen LogP contribution in [0, 0.1) is 0 Å². The van der Waals surface area contributed by atoms with Crippen LogP contribution in [-0.2, 0) is 4.79 Å². The molecule has 0 aliphatic carbocycles. The third-order valence-electron chi connectivity index (χ3n) is 4.29. The molecular formula is C24H18N2O2S2. The summed E-state index contributed by atoms with van der Waals surface area (Å²) < 4.78 is 1.80. The van der Waals surface area contributed by atoms with Crippen LogP contribution in [0.4, 0.5) is 5.69 Å². The van der Waals surface area contributed by atoms with Gasteiger partial charge < -0.3 is 5.32 Å². The number of carbonyl (C=O) groups is 2. The van der Waals surface area contributed by atoms with Crippen molar-refractivity contribution in [3.8, 4) is 0 Å². The molecule has 0 aliphatic rings. The highest BCUT2D eigenvalue weighted by Crippen LogP contribution is 2.31. The predicted molar refractivity (Wildman–Crippen MR) is 125 cm³/mol. The second-order valence-electron chi connectivity index (χ2n) is 6.47. The summed E-state index contributed by atoms with van der Waals surface area (Å²) in [5.74, 6) is 0.237. The first-order valence-corrected chi connectivity index (χ1v) is 11.1. The van der Waals surface area contributed by atoms with Crippen molar-refractivity contribution in [2.75, 3.05) is 11.1 Å². The van der Waals surface area contributed by atoms with Crippen LogP contribution in [0.5, 0.6) is 0 Å². The first-order chi connectivity index (χ1) is 14.7. The number of aromatic nitrogens is 1. The second-order valence-corrected chi connectivity index (χ2v) is 8.73. The fourth-order valence-corrected chi connectivity index (χ4v) is 4.80. The van der Waals surface area contributed by atoms with Gasteiger partial charge in [0.25, 0.3) is 0 Å². The fraction of sp³-hybridized carbons (Fsp3) is 0.0417. The molecule has 4 nitrogen and oxygen atoms in total. The number of hydrogen-bond acceptors (Lipinski definition) is 5. The molecule has 0 radical (unpaired) electrons. The van der Waals surface area contributed by atoms with E-state index in [1.54, 1.807) is 6.08 Å². The molecule has 1 heterocycles. The second kappa shape index (κ2) is 9.52. The Labute approximate surface area is 182 Å². The van der Waals surface area contributed by atoms with E-state index < -0.39 is 0 Å². The van der Waals surface area contributed by atoms with Crippen LogP contribution in [0.3, 0.4) is 0 Å². The van der Waals surface area contributed by atoms with Gasteiger partial charge in [-0.1, -0.05) is 72.4 Å². The third-order valence-corrected chi connectivity index (χ3v) is 6.45. The maximum absolute atomic E-state index is 12.3. The van der Waals surface area contributed by atoms with Gasteiger partial charge in [-0.25, -0.2) is 4.98 Å². The molecule has 0 saturated heterocycles. The highest BCUT2D eigenvalue weighted by molar-refractivity contribution is 8.01. The van der Waals surface area contributed by atoms with Crippen LogP contribution in [-0.4, -0.2) is 22.4 Å². The molecule has 0 fully saturated rings. The standard InChI is InChI=1S/C24H18N2O2S2/c27-21(18-9-5-2-6-10-18)16-29-24-26-20-13-12-19(15-22(20)30-24)25-23(28)14-11-17-7-3-1-4-8-17/h1-15H,16H2,(H,25,28). The number of Topliss-reactive ketones (excluding diaryl/α,β-unsaturated/α-hetero) is 1. The van der Waals surface area contributed by atoms with Crippen LogP contribution in [0.25, 0.3) is 16.3 Å². The highest BCUT2D eigenvalue weighted by atomic mass is 32.2. The van der Waals surface area contributed by atoms with E-state index >= 15 is 0 Å². The molecule has 4 aromatic rings. The average molecular weight is 431 g/mol. The molecule has 4 rings (SSSR count). The van der Waals surface area contributed by atoms with Gasteiger partial charge in [0.15, 0.2) is 10.1 Å². The van der Waals surface area contributed by atoms with E-state index in [-0.39, 0.29) is 11.7 Å². The number of amides is 1. The first-order valence-electron chi connectivity index (χ1n) is 9.33. The van der Waals surface area contributed by atoms with Crippen molar-refractivity contribution in [2.24, 2.45) is 0 Å². The lowest BCUT2D eigenvalue weighted by Crippen LogP contribution is -2.07. The summed E-state index contributed by atoms with van der Waals surface area (Å²) in [6, 6.07) is 24.6. The summed E-state index contributed by atoms with van der Waals surface area (Å²) in [5, 5.41) is 2.88. The quantitative estimate of drug-likeness (QED) is 0.224. The Morgan fingerprint density at radius 2 is 1.70 bits per heavy atom. The minimum atomic E-state index is -0.189. The molecule has 0 atom stereocenters. The van der Waals surface area contributed by atoms with Gasteiger partial charge in [0.2, 0.25) is 5.91 Å². The van der Waals surface area contributed by atoms with Crippen LogP contribution in [0.15, 0.2) is 89.3 Å². The van der Waals surface area contributed by atoms with Crippen LogP contribution >= 0.6 is 23.1 Å². The van der Waals surface area contributed by atoms with Crippen molar-refractivity contribution in [3.63, 3.8) is 0 Å². The van der Waals surface area contributed by atoms with E-state index in [1.807, 2.05) is 78.9 Å². The Hall–Kier alpha value is -3.22. The molecule has 3 aromatic carbocycles. The minimum Gasteiger partial charge on any atom is -0.322 e. The van der Waals surface area contributed by atoms with Gasteiger partial charge in [-0.2, -0.15) is 0 Å². The summed E-state index contributed by atoms with van der Waals surface area (Å²) in [7, 11) is 0. The van der Waals surface area contributed by atoms with E-state index in [0.29, 0.717) is 17.0 Å². The topological polar surface area (TPSA) is 59.1 Å². The lowest BCUT2D eigenvalue weighted by molar-refractivity contribution is -0.111. The van der Waals surface area contributed by atoms with Crippen molar-refractivity contribution < 1.29 is 9.59 Å². The summed E-state index contributed by atoms with van der Waals surface area (Å²) in [6.07, 6.45) is 3.29. The van der Waals surface area contributed by atoms with Gasteiger partial charge in [-0.15, -0.1) is 11.3 Å². The number of nitrogens with zero attached hydrogens (tertiary/aromatic N) is 1. The number of nitrogens with one attached hydrogen (secondary N) is 1. The number of fused-ring (bicyclic) bond motifs is 1. The number of carbonyl (C=O) groups excluding carboxylic acids is 2. The van der Waals surface area contributed by atoms with Crippen molar-refractivity contribution in [1.82, 2.24) is 4.98 Å². The van der Waals surface area contributed by atoms with E-state index in [4.69, 9.17) is 0 Å². The molecule has 0 spiro atoms. The SMILES string of the molecule is O=C(C=Cc1ccccc1)Nc1ccc2nc(SCC(=O)c3ccccc3)sc2c1. The normalized spacial score (nSPS) is 11.1. The molecule has 1 N–H and O–H groups in total. The number of ketones is 1. The van der Waals surface area contributed by atoms with Gasteiger partial charge in [0.05, 0.1) is 16.0 Å². The average Bonchev–Trinajstić information content (AvgIpc) is 3.19. The predicted octanol–water partition coefficient (Wildman–Crippen LogP) is 5.92. The van der Waals surface area contributed by atoms with Crippen LogP contribution in [0.2, 0.25) is 0 Å². The molecule has 0 saturated carbocycles. The monoisotopic (exact) mass is 430 g/mol. The number of thiazole rings is 1. The molecule has 1 amide bonds. The summed E-state index contributed by atoms with van der Waals surface area (Å²) >= 11 is 2.95. The first kappa shape index (κ1) is 20.1. The van der Waals surface area contributed by atoms with Crippen molar-refractivity contribution in [1.29, 1.82) is 0 Å². The molecule has 30 heavy (non-hydrogen) atoms. The molecule has 0 unspecified atom stereocenters. The Kier molecular flexibility index (Phi) is 6.37. The number of rotatable bonds is 7. The van der Waals surface area contributed by atoms with Crippen LogP contribution in [0.1, 0.15) is 15.9 Å². The smallest absolute Gasteiger partial charge is 0.248 e. The number of hydrogen-bond donors (Lipinski definition) is 1. The lowest BCUT2D eigenvalue weighted by Gasteiger charge is -2.01. The summed E-state index contributed by atoms with van der Waals surface area (Å²) in [4.78, 5) is 29.0. The van der Waals surface area contributed by atoms with Crippen molar-refractivity contribution >= 4 is 56.8 Å². The molecule has 0 bridgehead atoms. The largest absolute Gasteiger partial charge is 0.322 e. The zero-order chi connectivity index (χ0) is 20.8. The lowest BCUT2D eigenvalue weighted by atomic mass is 10.2. The van der Waals surface area contributed by atoms with Crippen LogP contribution < -0.4 is 5.32 Å². The number of anilines is 1. The van der Waals surface area contributed by atoms with E-state index in [9.17, 15) is 9.59 Å². The zero-order valence-corrected chi connectivity index (χ0v) is 17.6. The Balaban J connectivity index is 1.39. The molecule has 148 valence electrons. The Bertz CT molecular complexity index is 1200. The van der Waals surface area contributed by atoms with Crippen molar-refractivity contribution in [2.45, 2.75) is 4.34 Å². The summed E-state index contributed by atoms with van der Waals surface area (Å²) in [6.45, 7) is 0. The summed E-state index contributed by atoms with van der Waals surface area (Å²) in [5.41, 5.74) is 3.25.